The highest BCUT2D eigenvalue weighted by Gasteiger charge is 2.31. The van der Waals surface area contributed by atoms with Crippen LogP contribution in [-0.2, 0) is 0 Å². The monoisotopic (exact) mass is 380 g/mol. The highest BCUT2D eigenvalue weighted by atomic mass is 19.4. The lowest BCUT2D eigenvalue weighted by Gasteiger charge is -2.36. The molecule has 0 aliphatic carbocycles. The molecule has 0 saturated carbocycles. The second-order valence-electron chi connectivity index (χ2n) is 6.53. The first-order valence-electron chi connectivity index (χ1n) is 8.82. The maximum absolute atomic E-state index is 12.4. The van der Waals surface area contributed by atoms with Crippen LogP contribution in [0.2, 0.25) is 0 Å². The molecule has 1 heterocycles. The quantitative estimate of drug-likeness (QED) is 0.853. The van der Waals surface area contributed by atoms with Gasteiger partial charge in [0, 0.05) is 26.2 Å². The maximum Gasteiger partial charge on any atom is 0.573 e. The van der Waals surface area contributed by atoms with Crippen molar-refractivity contribution in [3.8, 4) is 11.5 Å². The van der Waals surface area contributed by atoms with Crippen LogP contribution < -0.4 is 14.8 Å². The fourth-order valence-corrected chi connectivity index (χ4v) is 3.48. The van der Waals surface area contributed by atoms with Gasteiger partial charge < -0.3 is 14.8 Å². The Kier molecular flexibility index (Phi) is 5.92. The van der Waals surface area contributed by atoms with E-state index < -0.39 is 6.36 Å². The first-order valence-corrected chi connectivity index (χ1v) is 8.82. The third-order valence-electron chi connectivity index (χ3n) is 4.68. The zero-order valence-corrected chi connectivity index (χ0v) is 15.3. The summed E-state index contributed by atoms with van der Waals surface area (Å²) >= 11 is 0. The fourth-order valence-electron chi connectivity index (χ4n) is 3.48. The molecular weight excluding hydrogens is 357 g/mol. The van der Waals surface area contributed by atoms with Crippen molar-refractivity contribution < 1.29 is 22.6 Å². The van der Waals surface area contributed by atoms with Crippen molar-refractivity contribution in [2.75, 3.05) is 33.3 Å². The number of methoxy groups -OCH3 is 1. The second kappa shape index (κ2) is 8.19. The molecule has 0 radical (unpaired) electrons. The van der Waals surface area contributed by atoms with Crippen molar-refractivity contribution in [2.24, 2.45) is 0 Å². The van der Waals surface area contributed by atoms with Crippen molar-refractivity contribution in [2.45, 2.75) is 19.3 Å². The Bertz CT molecular complexity index is 757. The molecule has 7 heteroatoms. The molecule has 146 valence electrons. The molecular formula is C20H23F3N2O2. The molecule has 2 aromatic rings. The maximum atomic E-state index is 12.4. The number of piperazine rings is 1. The zero-order chi connectivity index (χ0) is 19.4. The zero-order valence-electron chi connectivity index (χ0n) is 15.3. The molecule has 0 amide bonds. The summed E-state index contributed by atoms with van der Waals surface area (Å²) in [7, 11) is 1.63. The molecule has 1 fully saturated rings. The van der Waals surface area contributed by atoms with Crippen molar-refractivity contribution in [3.05, 3.63) is 59.2 Å². The second-order valence-corrected chi connectivity index (χ2v) is 6.53. The Morgan fingerprint density at radius 3 is 2.19 bits per heavy atom. The smallest absolute Gasteiger partial charge is 0.496 e. The number of hydrogen-bond acceptors (Lipinski definition) is 4. The lowest BCUT2D eigenvalue weighted by atomic mass is 9.95. The number of nitrogens with one attached hydrogen (secondary N) is 1. The van der Waals surface area contributed by atoms with E-state index in [1.165, 1.54) is 12.1 Å². The topological polar surface area (TPSA) is 33.7 Å². The number of alkyl halides is 3. The fraction of sp³-hybridized carbons (Fsp3) is 0.400. The third-order valence-corrected chi connectivity index (χ3v) is 4.68. The van der Waals surface area contributed by atoms with Crippen LogP contribution in [0.5, 0.6) is 11.5 Å². The Balaban J connectivity index is 1.93. The first kappa shape index (κ1) is 19.5. The minimum atomic E-state index is -4.69. The SMILES string of the molecule is COc1ccc([C@@H](c2ccc(OC(F)(F)F)cc2)N2CCNCC2)cc1C. The van der Waals surface area contributed by atoms with E-state index in [1.807, 2.05) is 19.1 Å². The van der Waals surface area contributed by atoms with Crippen LogP contribution in [0.15, 0.2) is 42.5 Å². The minimum Gasteiger partial charge on any atom is -0.496 e. The van der Waals surface area contributed by atoms with Gasteiger partial charge in [0.2, 0.25) is 0 Å². The van der Waals surface area contributed by atoms with Gasteiger partial charge in [0.05, 0.1) is 13.2 Å². The van der Waals surface area contributed by atoms with Gasteiger partial charge >= 0.3 is 6.36 Å². The van der Waals surface area contributed by atoms with Crippen LogP contribution in [0.3, 0.4) is 0 Å². The van der Waals surface area contributed by atoms with E-state index in [0.717, 1.165) is 48.6 Å². The molecule has 4 nitrogen and oxygen atoms in total. The van der Waals surface area contributed by atoms with E-state index >= 15 is 0 Å². The van der Waals surface area contributed by atoms with E-state index in [1.54, 1.807) is 19.2 Å². The number of benzene rings is 2. The molecule has 27 heavy (non-hydrogen) atoms. The molecule has 3 rings (SSSR count). The van der Waals surface area contributed by atoms with Gasteiger partial charge in [0.1, 0.15) is 11.5 Å². The van der Waals surface area contributed by atoms with Crippen LogP contribution in [0.4, 0.5) is 13.2 Å². The summed E-state index contributed by atoms with van der Waals surface area (Å²) in [5.41, 5.74) is 3.03. The van der Waals surface area contributed by atoms with Crippen LogP contribution in [-0.4, -0.2) is 44.6 Å². The van der Waals surface area contributed by atoms with Gasteiger partial charge in [-0.3, -0.25) is 4.90 Å². The number of ether oxygens (including phenoxy) is 2. The summed E-state index contributed by atoms with van der Waals surface area (Å²) in [5, 5.41) is 3.33. The molecule has 0 bridgehead atoms. The summed E-state index contributed by atoms with van der Waals surface area (Å²) in [6.07, 6.45) is -4.69. The van der Waals surface area contributed by atoms with Gasteiger partial charge in [-0.15, -0.1) is 13.2 Å². The predicted octanol–water partition coefficient (Wildman–Crippen LogP) is 3.90. The normalized spacial score (nSPS) is 16.8. The molecule has 0 aromatic heterocycles. The van der Waals surface area contributed by atoms with Crippen molar-refractivity contribution in [3.63, 3.8) is 0 Å². The van der Waals surface area contributed by atoms with Gasteiger partial charge in [-0.1, -0.05) is 24.3 Å². The van der Waals surface area contributed by atoms with Crippen LogP contribution in [0.25, 0.3) is 0 Å². The number of hydrogen-bond donors (Lipinski definition) is 1. The molecule has 1 aliphatic heterocycles. The average Bonchev–Trinajstić information content (AvgIpc) is 2.63. The molecule has 1 aliphatic rings. The number of halogens is 3. The summed E-state index contributed by atoms with van der Waals surface area (Å²) in [4.78, 5) is 2.33. The van der Waals surface area contributed by atoms with Gasteiger partial charge in [0.15, 0.2) is 0 Å². The van der Waals surface area contributed by atoms with E-state index in [2.05, 4.69) is 21.0 Å². The van der Waals surface area contributed by atoms with E-state index in [-0.39, 0.29) is 11.8 Å². The molecule has 1 saturated heterocycles. The lowest BCUT2D eigenvalue weighted by Crippen LogP contribution is -2.45. The molecule has 1 atom stereocenters. The Morgan fingerprint density at radius 2 is 1.63 bits per heavy atom. The van der Waals surface area contributed by atoms with Crippen LogP contribution >= 0.6 is 0 Å². The largest absolute Gasteiger partial charge is 0.573 e. The van der Waals surface area contributed by atoms with E-state index in [0.29, 0.717) is 0 Å². The minimum absolute atomic E-state index is 0.0448. The number of nitrogens with zero attached hydrogens (tertiary/aromatic N) is 1. The Morgan fingerprint density at radius 1 is 1.00 bits per heavy atom. The van der Waals surface area contributed by atoms with Crippen molar-refractivity contribution in [1.82, 2.24) is 10.2 Å². The highest BCUT2D eigenvalue weighted by Crippen LogP contribution is 2.33. The standard InChI is InChI=1S/C20H23F3N2O2/c1-14-13-16(5-8-18(14)26-2)19(25-11-9-24-10-12-25)15-3-6-17(7-4-15)27-20(21,22)23/h3-8,13,19,24H,9-12H2,1-2H3/t19-/m1/s1. The molecule has 1 N–H and O–H groups in total. The molecule has 0 unspecified atom stereocenters. The average molecular weight is 380 g/mol. The number of rotatable bonds is 5. The summed E-state index contributed by atoms with van der Waals surface area (Å²) in [6, 6.07) is 12.1. The Hall–Kier alpha value is -2.25. The van der Waals surface area contributed by atoms with Crippen LogP contribution in [0, 0.1) is 6.92 Å². The first-order chi connectivity index (χ1) is 12.9. The lowest BCUT2D eigenvalue weighted by molar-refractivity contribution is -0.274. The summed E-state index contributed by atoms with van der Waals surface area (Å²) in [6.45, 7) is 5.45. The summed E-state index contributed by atoms with van der Waals surface area (Å²) in [5.74, 6) is 0.600. The number of aryl methyl sites for hydroxylation is 1. The van der Waals surface area contributed by atoms with Gasteiger partial charge in [-0.25, -0.2) is 0 Å². The van der Waals surface area contributed by atoms with Crippen LogP contribution in [0.1, 0.15) is 22.7 Å². The van der Waals surface area contributed by atoms with E-state index in [9.17, 15) is 13.2 Å². The predicted molar refractivity (Wildman–Crippen MR) is 97.1 cm³/mol. The summed E-state index contributed by atoms with van der Waals surface area (Å²) < 4.78 is 46.6. The van der Waals surface area contributed by atoms with Gasteiger partial charge in [-0.2, -0.15) is 0 Å². The van der Waals surface area contributed by atoms with Crippen molar-refractivity contribution in [1.29, 1.82) is 0 Å². The van der Waals surface area contributed by atoms with Gasteiger partial charge in [-0.05, 0) is 41.8 Å². The van der Waals surface area contributed by atoms with E-state index in [4.69, 9.17) is 4.74 Å². The van der Waals surface area contributed by atoms with Gasteiger partial charge in [0.25, 0.3) is 0 Å². The molecule has 2 aromatic carbocycles. The highest BCUT2D eigenvalue weighted by molar-refractivity contribution is 5.42. The van der Waals surface area contributed by atoms with Crippen molar-refractivity contribution >= 4 is 0 Å². The molecule has 0 spiro atoms. The third kappa shape index (κ3) is 4.93. The Labute approximate surface area is 156 Å².